The summed E-state index contributed by atoms with van der Waals surface area (Å²) in [5.41, 5.74) is -0.850. The first kappa shape index (κ1) is 11.6. The van der Waals surface area contributed by atoms with Crippen LogP contribution in [0.2, 0.25) is 0 Å². The molecule has 0 aromatic carbocycles. The van der Waals surface area contributed by atoms with Gasteiger partial charge in [0.25, 0.3) is 0 Å². The van der Waals surface area contributed by atoms with Crippen LogP contribution >= 0.6 is 15.9 Å². The predicted molar refractivity (Wildman–Crippen MR) is 52.4 cm³/mol. The molecule has 2 N–H and O–H groups in total. The lowest BCUT2D eigenvalue weighted by Gasteiger charge is -2.24. The van der Waals surface area contributed by atoms with E-state index in [0.717, 1.165) is 4.48 Å². The lowest BCUT2D eigenvalue weighted by Crippen LogP contribution is -2.49. The number of halogens is 1. The van der Waals surface area contributed by atoms with Gasteiger partial charge in [-0.25, -0.2) is 0 Å². The van der Waals surface area contributed by atoms with Crippen LogP contribution in [0.25, 0.3) is 0 Å². The van der Waals surface area contributed by atoms with Gasteiger partial charge in [0.15, 0.2) is 0 Å². The van der Waals surface area contributed by atoms with E-state index in [1.165, 1.54) is 0 Å². The topological polar surface area (TPSA) is 49.3 Å². The third-order valence-electron chi connectivity index (χ3n) is 1.85. The molecule has 1 unspecified atom stereocenters. The summed E-state index contributed by atoms with van der Waals surface area (Å²) in [5, 5.41) is 11.7. The van der Waals surface area contributed by atoms with Crippen LogP contribution in [-0.2, 0) is 4.79 Å². The smallest absolute Gasteiger partial charge is 0.323 e. The number of aliphatic carboxylic acids is 1. The fourth-order valence-corrected chi connectivity index (χ4v) is 0.783. The molecular weight excluding hydrogens is 222 g/mol. The van der Waals surface area contributed by atoms with Crippen LogP contribution in [0, 0.1) is 0 Å². The molecule has 70 valence electrons. The van der Waals surface area contributed by atoms with Crippen LogP contribution in [0.4, 0.5) is 0 Å². The second-order valence-corrected chi connectivity index (χ2v) is 3.98. The minimum absolute atomic E-state index is 0.469. The Bertz CT molecular complexity index is 193. The molecule has 12 heavy (non-hydrogen) atoms. The Morgan fingerprint density at radius 3 is 2.50 bits per heavy atom. The summed E-state index contributed by atoms with van der Waals surface area (Å²) in [5.74, 6) is -0.834. The normalized spacial score (nSPS) is 15.2. The first-order valence-electron chi connectivity index (χ1n) is 3.74. The summed E-state index contributed by atoms with van der Waals surface area (Å²) in [7, 11) is 0. The van der Waals surface area contributed by atoms with Gasteiger partial charge in [-0.3, -0.25) is 10.1 Å². The molecule has 0 amide bonds. The van der Waals surface area contributed by atoms with E-state index in [1.54, 1.807) is 6.92 Å². The fraction of sp³-hybridized carbons (Fsp3) is 0.625. The van der Waals surface area contributed by atoms with Crippen LogP contribution in [-0.4, -0.2) is 23.2 Å². The van der Waals surface area contributed by atoms with Crippen molar-refractivity contribution in [2.24, 2.45) is 0 Å². The highest BCUT2D eigenvalue weighted by Gasteiger charge is 2.29. The van der Waals surface area contributed by atoms with Crippen LogP contribution in [0.5, 0.6) is 0 Å². The average molecular weight is 236 g/mol. The highest BCUT2D eigenvalue weighted by Crippen LogP contribution is 2.10. The summed E-state index contributed by atoms with van der Waals surface area (Å²) in [6.45, 7) is 7.57. The average Bonchev–Trinajstić information content (AvgIpc) is 1.99. The zero-order chi connectivity index (χ0) is 9.78. The first-order chi connectivity index (χ1) is 5.42. The van der Waals surface area contributed by atoms with Crippen molar-refractivity contribution in [3.63, 3.8) is 0 Å². The van der Waals surface area contributed by atoms with Gasteiger partial charge in [-0.2, -0.15) is 0 Å². The Balaban J connectivity index is 4.15. The largest absolute Gasteiger partial charge is 0.480 e. The number of rotatable bonds is 5. The van der Waals surface area contributed by atoms with Gasteiger partial charge in [-0.15, -0.1) is 0 Å². The van der Waals surface area contributed by atoms with Gasteiger partial charge in [-0.1, -0.05) is 29.4 Å². The molecule has 0 aromatic heterocycles. The van der Waals surface area contributed by atoms with E-state index in [1.807, 2.05) is 6.92 Å². The van der Waals surface area contributed by atoms with E-state index in [2.05, 4.69) is 27.8 Å². The van der Waals surface area contributed by atoms with Gasteiger partial charge in [0.2, 0.25) is 0 Å². The maximum Gasteiger partial charge on any atom is 0.323 e. The molecule has 0 spiro atoms. The van der Waals surface area contributed by atoms with Gasteiger partial charge in [0.05, 0.1) is 0 Å². The van der Waals surface area contributed by atoms with Gasteiger partial charge < -0.3 is 5.11 Å². The molecule has 1 atom stereocenters. The molecule has 0 aliphatic rings. The lowest BCUT2D eigenvalue weighted by molar-refractivity contribution is -0.144. The van der Waals surface area contributed by atoms with Crippen molar-refractivity contribution >= 4 is 21.9 Å². The molecule has 0 saturated carbocycles. The van der Waals surface area contributed by atoms with Crippen molar-refractivity contribution in [2.75, 3.05) is 6.54 Å². The maximum atomic E-state index is 10.8. The van der Waals surface area contributed by atoms with E-state index in [9.17, 15) is 4.79 Å². The summed E-state index contributed by atoms with van der Waals surface area (Å²) in [6.07, 6.45) is 0.544. The molecule has 0 bridgehead atoms. The Labute approximate surface area is 81.0 Å². The van der Waals surface area contributed by atoms with Gasteiger partial charge in [-0.05, 0) is 13.3 Å². The second-order valence-electron chi connectivity index (χ2n) is 2.86. The summed E-state index contributed by atoms with van der Waals surface area (Å²) in [4.78, 5) is 10.8. The van der Waals surface area contributed by atoms with Crippen LogP contribution in [0.3, 0.4) is 0 Å². The molecule has 4 heteroatoms. The molecule has 0 radical (unpaired) electrons. The molecule has 0 aliphatic heterocycles. The zero-order valence-electron chi connectivity index (χ0n) is 7.35. The van der Waals surface area contributed by atoms with Crippen molar-refractivity contribution < 1.29 is 9.90 Å². The van der Waals surface area contributed by atoms with E-state index >= 15 is 0 Å². The van der Waals surface area contributed by atoms with E-state index in [4.69, 9.17) is 5.11 Å². The Morgan fingerprint density at radius 2 is 2.25 bits per heavy atom. The lowest BCUT2D eigenvalue weighted by atomic mass is 9.99. The van der Waals surface area contributed by atoms with Crippen molar-refractivity contribution in [3.05, 3.63) is 11.1 Å². The van der Waals surface area contributed by atoms with Gasteiger partial charge >= 0.3 is 5.97 Å². The summed E-state index contributed by atoms with van der Waals surface area (Å²) >= 11 is 3.16. The van der Waals surface area contributed by atoms with E-state index in [-0.39, 0.29) is 0 Å². The standard InChI is InChI=1S/C8H14BrNO2/c1-4-8(3,7(11)12)10-5-6(2)9/h10H,2,4-5H2,1,3H3,(H,11,12). The number of nitrogens with one attached hydrogen (secondary N) is 1. The monoisotopic (exact) mass is 235 g/mol. The van der Waals surface area contributed by atoms with Gasteiger partial charge in [0, 0.05) is 11.0 Å². The molecule has 0 fully saturated rings. The van der Waals surface area contributed by atoms with Gasteiger partial charge in [0.1, 0.15) is 5.54 Å². The fourth-order valence-electron chi connectivity index (χ4n) is 0.643. The minimum Gasteiger partial charge on any atom is -0.480 e. The molecule has 0 rings (SSSR count). The molecular formula is C8H14BrNO2. The van der Waals surface area contributed by atoms with Crippen molar-refractivity contribution in [3.8, 4) is 0 Å². The molecule has 0 aliphatic carbocycles. The molecule has 0 saturated heterocycles. The summed E-state index contributed by atoms with van der Waals surface area (Å²) in [6, 6.07) is 0. The van der Waals surface area contributed by atoms with Crippen LogP contribution in [0.15, 0.2) is 11.1 Å². The minimum atomic E-state index is -0.850. The van der Waals surface area contributed by atoms with Crippen molar-refractivity contribution in [2.45, 2.75) is 25.8 Å². The molecule has 0 heterocycles. The van der Waals surface area contributed by atoms with Crippen molar-refractivity contribution in [1.29, 1.82) is 0 Å². The second kappa shape index (κ2) is 4.62. The number of carboxylic acids is 1. The Kier molecular flexibility index (Phi) is 4.49. The SMILES string of the molecule is C=C(Br)CNC(C)(CC)C(=O)O. The number of hydrogen-bond acceptors (Lipinski definition) is 2. The van der Waals surface area contributed by atoms with Crippen LogP contribution in [0.1, 0.15) is 20.3 Å². The molecule has 0 aromatic rings. The van der Waals surface area contributed by atoms with Crippen molar-refractivity contribution in [1.82, 2.24) is 5.32 Å². The highest BCUT2D eigenvalue weighted by atomic mass is 79.9. The third kappa shape index (κ3) is 3.36. The number of carboxylic acid groups (broad SMARTS) is 1. The van der Waals surface area contributed by atoms with E-state index < -0.39 is 11.5 Å². The first-order valence-corrected chi connectivity index (χ1v) is 4.53. The predicted octanol–water partition coefficient (Wildman–Crippen LogP) is 1.74. The Morgan fingerprint density at radius 1 is 1.75 bits per heavy atom. The van der Waals surface area contributed by atoms with Crippen LogP contribution < -0.4 is 5.32 Å². The third-order valence-corrected chi connectivity index (χ3v) is 2.13. The van der Waals surface area contributed by atoms with E-state index in [0.29, 0.717) is 13.0 Å². The highest BCUT2D eigenvalue weighted by molar-refractivity contribution is 9.11. The Hall–Kier alpha value is -0.350. The number of carbonyl (C=O) groups is 1. The number of hydrogen-bond donors (Lipinski definition) is 2. The molecule has 3 nitrogen and oxygen atoms in total. The zero-order valence-corrected chi connectivity index (χ0v) is 8.94. The quantitative estimate of drug-likeness (QED) is 0.764. The summed E-state index contributed by atoms with van der Waals surface area (Å²) < 4.78 is 0.753. The maximum absolute atomic E-state index is 10.8.